The van der Waals surface area contributed by atoms with Gasteiger partial charge in [0.15, 0.2) is 0 Å². The van der Waals surface area contributed by atoms with Crippen molar-refractivity contribution in [1.29, 1.82) is 0 Å². The number of amides is 1. The van der Waals surface area contributed by atoms with E-state index >= 15 is 0 Å². The Bertz CT molecular complexity index is 553. The molecule has 0 aliphatic carbocycles. The smallest absolute Gasteiger partial charge is 0.255 e. The summed E-state index contributed by atoms with van der Waals surface area (Å²) in [7, 11) is 3.72. The van der Waals surface area contributed by atoms with Crippen LogP contribution in [0.1, 0.15) is 24.2 Å². The first kappa shape index (κ1) is 19.1. The number of hydrogen-bond donors (Lipinski definition) is 1. The van der Waals surface area contributed by atoms with Crippen molar-refractivity contribution in [3.05, 3.63) is 23.8 Å². The second kappa shape index (κ2) is 9.30. The van der Waals surface area contributed by atoms with Crippen LogP contribution in [0.2, 0.25) is 0 Å². The SMILES string of the molecule is CCSc1ccc(OC)c(C(=O)NC2CN(C)CCN(CC)C2)c1. The maximum Gasteiger partial charge on any atom is 0.255 e. The summed E-state index contributed by atoms with van der Waals surface area (Å²) in [5, 5.41) is 3.20. The fraction of sp³-hybridized carbons (Fsp3) is 0.611. The maximum absolute atomic E-state index is 12.8. The number of nitrogens with one attached hydrogen (secondary N) is 1. The Labute approximate surface area is 149 Å². The Hall–Kier alpha value is -1.24. The molecule has 1 heterocycles. The fourth-order valence-electron chi connectivity index (χ4n) is 3.00. The molecule has 1 aliphatic rings. The summed E-state index contributed by atoms with van der Waals surface area (Å²) in [6.07, 6.45) is 0. The minimum Gasteiger partial charge on any atom is -0.496 e. The van der Waals surface area contributed by atoms with Gasteiger partial charge >= 0.3 is 0 Å². The monoisotopic (exact) mass is 351 g/mol. The summed E-state index contributed by atoms with van der Waals surface area (Å²) >= 11 is 1.73. The topological polar surface area (TPSA) is 44.8 Å². The van der Waals surface area contributed by atoms with E-state index in [9.17, 15) is 4.79 Å². The number of benzene rings is 1. The van der Waals surface area contributed by atoms with Gasteiger partial charge < -0.3 is 19.9 Å². The molecule has 1 atom stereocenters. The van der Waals surface area contributed by atoms with E-state index in [1.807, 2.05) is 18.2 Å². The molecule has 1 aromatic rings. The zero-order valence-electron chi connectivity index (χ0n) is 15.2. The minimum atomic E-state index is -0.0539. The largest absolute Gasteiger partial charge is 0.496 e. The molecule has 2 rings (SSSR count). The highest BCUT2D eigenvalue weighted by Gasteiger charge is 2.23. The summed E-state index contributed by atoms with van der Waals surface area (Å²) in [6.45, 7) is 9.11. The Kier molecular flexibility index (Phi) is 7.40. The zero-order valence-corrected chi connectivity index (χ0v) is 16.0. The molecule has 5 nitrogen and oxygen atoms in total. The van der Waals surface area contributed by atoms with Gasteiger partial charge in [0, 0.05) is 31.1 Å². The lowest BCUT2D eigenvalue weighted by molar-refractivity contribution is 0.0921. The van der Waals surface area contributed by atoms with E-state index in [1.54, 1.807) is 18.9 Å². The van der Waals surface area contributed by atoms with Crippen molar-refractivity contribution in [3.8, 4) is 5.75 Å². The van der Waals surface area contributed by atoms with Gasteiger partial charge in [-0.3, -0.25) is 4.79 Å². The Balaban J connectivity index is 2.13. The number of nitrogens with zero attached hydrogens (tertiary/aromatic N) is 2. The van der Waals surface area contributed by atoms with Crippen molar-refractivity contribution >= 4 is 17.7 Å². The van der Waals surface area contributed by atoms with Crippen LogP contribution in [-0.4, -0.2) is 74.4 Å². The zero-order chi connectivity index (χ0) is 17.5. The average molecular weight is 352 g/mol. The number of carbonyl (C=O) groups is 1. The van der Waals surface area contributed by atoms with E-state index in [0.717, 1.165) is 43.4 Å². The Morgan fingerprint density at radius 3 is 2.79 bits per heavy atom. The van der Waals surface area contributed by atoms with Gasteiger partial charge in [0.2, 0.25) is 0 Å². The van der Waals surface area contributed by atoms with Crippen LogP contribution in [-0.2, 0) is 0 Å². The number of thioether (sulfide) groups is 1. The van der Waals surface area contributed by atoms with E-state index in [1.165, 1.54) is 0 Å². The number of carbonyl (C=O) groups excluding carboxylic acids is 1. The van der Waals surface area contributed by atoms with Gasteiger partial charge in [0.05, 0.1) is 18.7 Å². The molecule has 0 radical (unpaired) electrons. The highest BCUT2D eigenvalue weighted by Crippen LogP contribution is 2.26. The van der Waals surface area contributed by atoms with Crippen molar-refractivity contribution in [2.45, 2.75) is 24.8 Å². The second-order valence-corrected chi connectivity index (χ2v) is 7.46. The lowest BCUT2D eigenvalue weighted by Gasteiger charge is -2.24. The van der Waals surface area contributed by atoms with Gasteiger partial charge in [-0.25, -0.2) is 0 Å². The predicted octanol–water partition coefficient (Wildman–Crippen LogP) is 2.17. The third-order valence-electron chi connectivity index (χ3n) is 4.32. The van der Waals surface area contributed by atoms with Crippen LogP contribution in [0.3, 0.4) is 0 Å². The number of ether oxygens (including phenoxy) is 1. The van der Waals surface area contributed by atoms with Gasteiger partial charge in [0.25, 0.3) is 5.91 Å². The van der Waals surface area contributed by atoms with Crippen LogP contribution in [0.5, 0.6) is 5.75 Å². The number of methoxy groups -OCH3 is 1. The number of hydrogen-bond acceptors (Lipinski definition) is 5. The van der Waals surface area contributed by atoms with Gasteiger partial charge in [-0.1, -0.05) is 13.8 Å². The molecular weight excluding hydrogens is 322 g/mol. The molecule has 6 heteroatoms. The molecule has 0 saturated carbocycles. The molecule has 1 aromatic carbocycles. The minimum absolute atomic E-state index is 0.0539. The highest BCUT2D eigenvalue weighted by atomic mass is 32.2. The van der Waals surface area contributed by atoms with Gasteiger partial charge in [-0.15, -0.1) is 11.8 Å². The maximum atomic E-state index is 12.8. The summed E-state index contributed by atoms with van der Waals surface area (Å²) in [6, 6.07) is 5.93. The predicted molar refractivity (Wildman–Crippen MR) is 100 cm³/mol. The average Bonchev–Trinajstić information content (AvgIpc) is 2.76. The van der Waals surface area contributed by atoms with Crippen LogP contribution in [0.25, 0.3) is 0 Å². The fourth-order valence-corrected chi connectivity index (χ4v) is 3.70. The first-order valence-electron chi connectivity index (χ1n) is 8.60. The van der Waals surface area contributed by atoms with Crippen molar-refractivity contribution in [2.75, 3.05) is 52.6 Å². The summed E-state index contributed by atoms with van der Waals surface area (Å²) in [5.74, 6) is 1.55. The van der Waals surface area contributed by atoms with E-state index in [0.29, 0.717) is 11.3 Å². The molecule has 0 spiro atoms. The van der Waals surface area contributed by atoms with Crippen molar-refractivity contribution < 1.29 is 9.53 Å². The number of likely N-dealkylation sites (N-methyl/N-ethyl adjacent to an activating group) is 2. The van der Waals surface area contributed by atoms with Crippen molar-refractivity contribution in [2.24, 2.45) is 0 Å². The number of rotatable bonds is 6. The van der Waals surface area contributed by atoms with E-state index in [4.69, 9.17) is 4.74 Å². The molecular formula is C18H29N3O2S. The van der Waals surface area contributed by atoms with Crippen LogP contribution in [0, 0.1) is 0 Å². The molecule has 0 bridgehead atoms. The first-order chi connectivity index (χ1) is 11.6. The van der Waals surface area contributed by atoms with Crippen molar-refractivity contribution in [1.82, 2.24) is 15.1 Å². The summed E-state index contributed by atoms with van der Waals surface area (Å²) < 4.78 is 5.39. The quantitative estimate of drug-likeness (QED) is 0.796. The van der Waals surface area contributed by atoms with Gasteiger partial charge in [-0.05, 0) is 37.5 Å². The molecule has 24 heavy (non-hydrogen) atoms. The molecule has 1 amide bonds. The van der Waals surface area contributed by atoms with Crippen LogP contribution in [0.15, 0.2) is 23.1 Å². The molecule has 134 valence electrons. The normalized spacial score (nSPS) is 19.8. The van der Waals surface area contributed by atoms with Crippen molar-refractivity contribution in [3.63, 3.8) is 0 Å². The molecule has 1 aliphatic heterocycles. The molecule has 1 fully saturated rings. The first-order valence-corrected chi connectivity index (χ1v) is 9.58. The highest BCUT2D eigenvalue weighted by molar-refractivity contribution is 7.99. The van der Waals surface area contributed by atoms with Crippen LogP contribution >= 0.6 is 11.8 Å². The lowest BCUT2D eigenvalue weighted by atomic mass is 10.1. The standard InChI is InChI=1S/C18H29N3O2S/c1-5-21-10-9-20(3)12-14(13-21)19-18(22)16-11-15(24-6-2)7-8-17(16)23-4/h7-8,11,14H,5-6,9-10,12-13H2,1-4H3,(H,19,22). The van der Waals surface area contributed by atoms with E-state index in [-0.39, 0.29) is 11.9 Å². The van der Waals surface area contributed by atoms with E-state index < -0.39 is 0 Å². The third kappa shape index (κ3) is 5.13. The molecule has 0 aromatic heterocycles. The van der Waals surface area contributed by atoms with Crippen LogP contribution in [0.4, 0.5) is 0 Å². The van der Waals surface area contributed by atoms with Gasteiger partial charge in [-0.2, -0.15) is 0 Å². The summed E-state index contributed by atoms with van der Waals surface area (Å²) in [5.41, 5.74) is 0.617. The Morgan fingerprint density at radius 1 is 1.33 bits per heavy atom. The molecule has 1 unspecified atom stereocenters. The van der Waals surface area contributed by atoms with Gasteiger partial charge in [0.1, 0.15) is 5.75 Å². The third-order valence-corrected chi connectivity index (χ3v) is 5.19. The Morgan fingerprint density at radius 2 is 2.12 bits per heavy atom. The van der Waals surface area contributed by atoms with E-state index in [2.05, 4.69) is 36.0 Å². The lowest BCUT2D eigenvalue weighted by Crippen LogP contribution is -2.46. The molecule has 1 N–H and O–H groups in total. The second-order valence-electron chi connectivity index (χ2n) is 6.12. The summed E-state index contributed by atoms with van der Waals surface area (Å²) in [4.78, 5) is 18.6. The van der Waals surface area contributed by atoms with Crippen LogP contribution < -0.4 is 10.1 Å². The molecule has 1 saturated heterocycles.